The maximum atomic E-state index is 13.4. The molecular formula is C22H22N2O2. The highest BCUT2D eigenvalue weighted by Gasteiger charge is 2.26. The number of H-pyrrole nitrogens is 1. The number of benzene rings is 1. The third-order valence-electron chi connectivity index (χ3n) is 6.03. The molecule has 0 spiro atoms. The molecule has 2 aliphatic rings. The zero-order valence-electron chi connectivity index (χ0n) is 14.8. The first-order valence-electron chi connectivity index (χ1n) is 9.63. The summed E-state index contributed by atoms with van der Waals surface area (Å²) in [4.78, 5) is 30.0. The van der Waals surface area contributed by atoms with Crippen LogP contribution in [0.4, 0.5) is 0 Å². The quantitative estimate of drug-likeness (QED) is 0.767. The molecule has 1 N–H and O–H groups in total. The highest BCUT2D eigenvalue weighted by Crippen LogP contribution is 2.37. The van der Waals surface area contributed by atoms with Crippen molar-refractivity contribution in [2.24, 2.45) is 0 Å². The van der Waals surface area contributed by atoms with Crippen LogP contribution in [-0.2, 0) is 12.8 Å². The Hall–Kier alpha value is -2.62. The van der Waals surface area contributed by atoms with Crippen LogP contribution >= 0.6 is 0 Å². The molecule has 3 aromatic rings. The van der Waals surface area contributed by atoms with Crippen LogP contribution in [0.1, 0.15) is 55.0 Å². The van der Waals surface area contributed by atoms with Crippen LogP contribution in [0.3, 0.4) is 0 Å². The molecule has 2 aliphatic carbocycles. The van der Waals surface area contributed by atoms with Crippen molar-refractivity contribution in [3.05, 3.63) is 73.9 Å². The molecule has 2 aromatic heterocycles. The highest BCUT2D eigenvalue weighted by molar-refractivity contribution is 5.80. The highest BCUT2D eigenvalue weighted by atomic mass is 16.1. The molecule has 1 aromatic carbocycles. The van der Waals surface area contributed by atoms with Gasteiger partial charge in [0.2, 0.25) is 0 Å². The van der Waals surface area contributed by atoms with Crippen molar-refractivity contribution in [1.82, 2.24) is 9.55 Å². The smallest absolute Gasteiger partial charge is 0.268 e. The summed E-state index contributed by atoms with van der Waals surface area (Å²) in [6, 6.07) is 11.8. The fourth-order valence-electron chi connectivity index (χ4n) is 4.40. The monoisotopic (exact) mass is 346 g/mol. The second-order valence-electron chi connectivity index (χ2n) is 7.58. The van der Waals surface area contributed by atoms with E-state index in [2.05, 4.69) is 11.1 Å². The summed E-state index contributed by atoms with van der Waals surface area (Å²) < 4.78 is 1.77. The number of aromatic nitrogens is 2. The molecule has 1 fully saturated rings. The molecule has 26 heavy (non-hydrogen) atoms. The maximum absolute atomic E-state index is 13.4. The average Bonchev–Trinajstić information content (AvgIpc) is 2.61. The van der Waals surface area contributed by atoms with Gasteiger partial charge in [0.15, 0.2) is 5.43 Å². The lowest BCUT2D eigenvalue weighted by Gasteiger charge is -2.29. The van der Waals surface area contributed by atoms with Gasteiger partial charge in [0, 0.05) is 22.6 Å². The van der Waals surface area contributed by atoms with Crippen molar-refractivity contribution in [1.29, 1.82) is 0 Å². The normalized spacial score (nSPS) is 17.1. The standard InChI is InChI=1S/C22H22N2O2/c25-21-16-11-4-5-12-17(16)23-18-13-19(14-7-6-8-14)24(22(26)20(18)21)15-9-2-1-3-10-15/h1-3,9-10,13-14H,4-8,11-12H2,(H,23,25). The molecule has 0 amide bonds. The van der Waals surface area contributed by atoms with E-state index < -0.39 is 0 Å². The number of nitrogens with one attached hydrogen (secondary N) is 1. The number of pyridine rings is 2. The van der Waals surface area contributed by atoms with Gasteiger partial charge in [0.1, 0.15) is 5.39 Å². The third-order valence-corrected chi connectivity index (χ3v) is 6.03. The van der Waals surface area contributed by atoms with E-state index in [1.165, 1.54) is 6.42 Å². The van der Waals surface area contributed by atoms with E-state index in [0.717, 1.165) is 66.7 Å². The van der Waals surface area contributed by atoms with Crippen molar-refractivity contribution >= 4 is 10.9 Å². The van der Waals surface area contributed by atoms with Gasteiger partial charge in [-0.3, -0.25) is 14.2 Å². The summed E-state index contributed by atoms with van der Waals surface area (Å²) in [6.07, 6.45) is 7.21. The number of nitrogens with zero attached hydrogens (tertiary/aromatic N) is 1. The average molecular weight is 346 g/mol. The second kappa shape index (κ2) is 5.97. The van der Waals surface area contributed by atoms with Crippen molar-refractivity contribution in [3.8, 4) is 5.69 Å². The fraction of sp³-hybridized carbons (Fsp3) is 0.364. The number of rotatable bonds is 2. The van der Waals surface area contributed by atoms with Crippen molar-refractivity contribution in [2.45, 2.75) is 50.9 Å². The molecule has 1 saturated carbocycles. The molecule has 132 valence electrons. The first kappa shape index (κ1) is 15.6. The zero-order valence-corrected chi connectivity index (χ0v) is 14.8. The molecule has 4 heteroatoms. The minimum absolute atomic E-state index is 0.0664. The number of para-hydroxylation sites is 1. The van der Waals surface area contributed by atoms with E-state index in [-0.39, 0.29) is 11.0 Å². The Morgan fingerprint density at radius 1 is 0.962 bits per heavy atom. The number of aryl methyl sites for hydroxylation is 1. The number of hydrogen-bond donors (Lipinski definition) is 1. The van der Waals surface area contributed by atoms with Gasteiger partial charge in [-0.25, -0.2) is 0 Å². The van der Waals surface area contributed by atoms with Crippen LogP contribution in [0, 0.1) is 0 Å². The predicted molar refractivity (Wildman–Crippen MR) is 103 cm³/mol. The Labute approximate surface area is 151 Å². The largest absolute Gasteiger partial charge is 0.358 e. The lowest BCUT2D eigenvalue weighted by Crippen LogP contribution is -2.31. The van der Waals surface area contributed by atoms with E-state index in [0.29, 0.717) is 11.3 Å². The van der Waals surface area contributed by atoms with E-state index in [4.69, 9.17) is 0 Å². The van der Waals surface area contributed by atoms with Crippen LogP contribution in [-0.4, -0.2) is 9.55 Å². The minimum Gasteiger partial charge on any atom is -0.358 e. The minimum atomic E-state index is -0.176. The second-order valence-corrected chi connectivity index (χ2v) is 7.58. The fourth-order valence-corrected chi connectivity index (χ4v) is 4.40. The number of fused-ring (bicyclic) bond motifs is 2. The third kappa shape index (κ3) is 2.28. The summed E-state index contributed by atoms with van der Waals surface area (Å²) in [7, 11) is 0. The molecule has 0 radical (unpaired) electrons. The number of hydrogen-bond acceptors (Lipinski definition) is 2. The van der Waals surface area contributed by atoms with Crippen molar-refractivity contribution in [2.75, 3.05) is 0 Å². The first-order valence-corrected chi connectivity index (χ1v) is 9.63. The SMILES string of the molecule is O=c1c2c([nH]c3cc(C4CCC4)n(-c4ccccc4)c(=O)c13)CCCC2. The Morgan fingerprint density at radius 3 is 2.46 bits per heavy atom. The molecule has 4 nitrogen and oxygen atoms in total. The van der Waals surface area contributed by atoms with Crippen LogP contribution in [0.2, 0.25) is 0 Å². The predicted octanol–water partition coefficient (Wildman–Crippen LogP) is 3.83. The molecule has 0 bridgehead atoms. The zero-order chi connectivity index (χ0) is 17.7. The van der Waals surface area contributed by atoms with Gasteiger partial charge in [0.25, 0.3) is 5.56 Å². The lowest BCUT2D eigenvalue weighted by atomic mass is 9.82. The Morgan fingerprint density at radius 2 is 1.73 bits per heavy atom. The Bertz CT molecular complexity index is 1100. The summed E-state index contributed by atoms with van der Waals surface area (Å²) >= 11 is 0. The van der Waals surface area contributed by atoms with Crippen LogP contribution < -0.4 is 11.0 Å². The lowest BCUT2D eigenvalue weighted by molar-refractivity contribution is 0.404. The van der Waals surface area contributed by atoms with Gasteiger partial charge in [0.05, 0.1) is 5.52 Å². The molecular weight excluding hydrogens is 324 g/mol. The molecule has 0 atom stereocenters. The summed E-state index contributed by atoms with van der Waals surface area (Å²) in [5.74, 6) is 0.395. The summed E-state index contributed by atoms with van der Waals surface area (Å²) in [5, 5.41) is 0.317. The van der Waals surface area contributed by atoms with Crippen molar-refractivity contribution < 1.29 is 0 Å². The number of aromatic amines is 1. The van der Waals surface area contributed by atoms with E-state index in [1.54, 1.807) is 4.57 Å². The molecule has 0 saturated heterocycles. The van der Waals surface area contributed by atoms with Gasteiger partial charge in [-0.1, -0.05) is 24.6 Å². The van der Waals surface area contributed by atoms with Gasteiger partial charge >= 0.3 is 0 Å². The van der Waals surface area contributed by atoms with Crippen LogP contribution in [0.25, 0.3) is 16.6 Å². The van der Waals surface area contributed by atoms with Gasteiger partial charge in [-0.05, 0) is 62.6 Å². The summed E-state index contributed by atoms with van der Waals surface area (Å²) in [5.41, 5.74) is 4.20. The summed E-state index contributed by atoms with van der Waals surface area (Å²) in [6.45, 7) is 0. The Balaban J connectivity index is 1.87. The van der Waals surface area contributed by atoms with Gasteiger partial charge < -0.3 is 4.98 Å². The molecule has 0 unspecified atom stereocenters. The van der Waals surface area contributed by atoms with Crippen LogP contribution in [0.15, 0.2) is 46.0 Å². The topological polar surface area (TPSA) is 54.9 Å². The van der Waals surface area contributed by atoms with Gasteiger partial charge in [-0.15, -0.1) is 0 Å². The van der Waals surface area contributed by atoms with E-state index >= 15 is 0 Å². The van der Waals surface area contributed by atoms with Crippen molar-refractivity contribution in [3.63, 3.8) is 0 Å². The van der Waals surface area contributed by atoms with E-state index in [9.17, 15) is 9.59 Å². The van der Waals surface area contributed by atoms with Gasteiger partial charge in [-0.2, -0.15) is 0 Å². The molecule has 2 heterocycles. The van der Waals surface area contributed by atoms with E-state index in [1.807, 2.05) is 30.3 Å². The van der Waals surface area contributed by atoms with Crippen LogP contribution in [0.5, 0.6) is 0 Å². The Kier molecular flexibility index (Phi) is 3.59. The first-order chi connectivity index (χ1) is 12.7. The maximum Gasteiger partial charge on any atom is 0.268 e. The molecule has 0 aliphatic heterocycles. The molecule has 5 rings (SSSR count).